The number of Topliss-reactive ketones (excluding diaryl/α,β-unsaturated/α-hetero) is 1. The first-order valence-electron chi connectivity index (χ1n) is 6.87. The summed E-state index contributed by atoms with van der Waals surface area (Å²) in [5.41, 5.74) is 0.451. The van der Waals surface area contributed by atoms with Crippen LogP contribution < -0.4 is 0 Å². The number of hydrogen-bond donors (Lipinski definition) is 2. The highest BCUT2D eigenvalue weighted by Crippen LogP contribution is 2.30. The van der Waals surface area contributed by atoms with Gasteiger partial charge in [-0.3, -0.25) is 9.69 Å². The molecule has 0 spiro atoms. The maximum absolute atomic E-state index is 12.2. The van der Waals surface area contributed by atoms with Crippen molar-refractivity contribution in [1.82, 2.24) is 4.90 Å². The van der Waals surface area contributed by atoms with E-state index < -0.39 is 0 Å². The molecule has 1 fully saturated rings. The third-order valence-electron chi connectivity index (χ3n) is 3.42. The van der Waals surface area contributed by atoms with Crippen molar-refractivity contribution in [2.45, 2.75) is 26.2 Å². The first kappa shape index (κ1) is 13.9. The Labute approximate surface area is 113 Å². The van der Waals surface area contributed by atoms with Crippen molar-refractivity contribution in [1.29, 1.82) is 0 Å². The number of benzene rings is 1. The summed E-state index contributed by atoms with van der Waals surface area (Å²) in [5.74, 6) is 0.312. The Kier molecular flexibility index (Phi) is 4.43. The number of hydrogen-bond acceptors (Lipinski definition) is 4. The second-order valence-electron chi connectivity index (χ2n) is 5.31. The topological polar surface area (TPSA) is 60.8 Å². The number of ketones is 1. The zero-order valence-electron chi connectivity index (χ0n) is 11.3. The largest absolute Gasteiger partial charge is 0.504 e. The molecule has 104 valence electrons. The van der Waals surface area contributed by atoms with Crippen LogP contribution in [0.15, 0.2) is 18.2 Å². The maximum Gasteiger partial charge on any atom is 0.176 e. The Hall–Kier alpha value is -1.55. The summed E-state index contributed by atoms with van der Waals surface area (Å²) in [7, 11) is 0. The summed E-state index contributed by atoms with van der Waals surface area (Å²) >= 11 is 0. The standard InChI is InChI=1S/C15H21NO3/c1-2-7-16(9-11-3-4-11)10-15(19)12-5-6-13(17)14(18)8-12/h5-6,8,11,17-18H,2-4,7,9-10H2,1H3. The third kappa shape index (κ3) is 3.96. The van der Waals surface area contributed by atoms with Crippen LogP contribution in [0.4, 0.5) is 0 Å². The minimum atomic E-state index is -0.241. The molecule has 2 rings (SSSR count). The number of rotatable bonds is 7. The monoisotopic (exact) mass is 263 g/mol. The highest BCUT2D eigenvalue weighted by atomic mass is 16.3. The molecule has 0 atom stereocenters. The molecule has 19 heavy (non-hydrogen) atoms. The molecule has 1 aliphatic carbocycles. The predicted octanol–water partition coefficient (Wildman–Crippen LogP) is 2.40. The lowest BCUT2D eigenvalue weighted by Crippen LogP contribution is -2.32. The SMILES string of the molecule is CCCN(CC(=O)c1ccc(O)c(O)c1)CC1CC1. The molecular formula is C15H21NO3. The minimum absolute atomic E-state index is 0.00981. The van der Waals surface area contributed by atoms with Crippen LogP contribution in [0.3, 0.4) is 0 Å². The second kappa shape index (κ2) is 6.06. The van der Waals surface area contributed by atoms with Crippen LogP contribution >= 0.6 is 0 Å². The highest BCUT2D eigenvalue weighted by molar-refractivity contribution is 5.98. The second-order valence-corrected chi connectivity index (χ2v) is 5.31. The van der Waals surface area contributed by atoms with Gasteiger partial charge in [0.15, 0.2) is 17.3 Å². The first-order chi connectivity index (χ1) is 9.10. The van der Waals surface area contributed by atoms with Gasteiger partial charge in [0.25, 0.3) is 0 Å². The molecule has 1 aromatic carbocycles. The van der Waals surface area contributed by atoms with Crippen LogP contribution in [0, 0.1) is 5.92 Å². The van der Waals surface area contributed by atoms with Crippen LogP contribution in [0.2, 0.25) is 0 Å². The summed E-state index contributed by atoms with van der Waals surface area (Å²) in [5, 5.41) is 18.7. The van der Waals surface area contributed by atoms with E-state index in [1.165, 1.54) is 25.0 Å². The van der Waals surface area contributed by atoms with Gasteiger partial charge < -0.3 is 10.2 Å². The zero-order chi connectivity index (χ0) is 13.8. The normalized spacial score (nSPS) is 14.8. The van der Waals surface area contributed by atoms with E-state index in [-0.39, 0.29) is 17.3 Å². The van der Waals surface area contributed by atoms with Crippen LogP contribution in [0.25, 0.3) is 0 Å². The fourth-order valence-corrected chi connectivity index (χ4v) is 2.21. The third-order valence-corrected chi connectivity index (χ3v) is 3.42. The van der Waals surface area contributed by atoms with Gasteiger partial charge in [-0.05, 0) is 49.9 Å². The maximum atomic E-state index is 12.2. The Bertz CT molecular complexity index is 455. The fourth-order valence-electron chi connectivity index (χ4n) is 2.21. The average Bonchev–Trinajstić information content (AvgIpc) is 3.16. The highest BCUT2D eigenvalue weighted by Gasteiger charge is 2.25. The van der Waals surface area contributed by atoms with E-state index >= 15 is 0 Å². The Morgan fingerprint density at radius 3 is 2.63 bits per heavy atom. The van der Waals surface area contributed by atoms with Crippen molar-refractivity contribution >= 4 is 5.78 Å². The van der Waals surface area contributed by atoms with Crippen molar-refractivity contribution in [3.63, 3.8) is 0 Å². The minimum Gasteiger partial charge on any atom is -0.504 e. The summed E-state index contributed by atoms with van der Waals surface area (Å²) in [6.45, 7) is 4.40. The van der Waals surface area contributed by atoms with Crippen molar-refractivity contribution in [2.24, 2.45) is 5.92 Å². The van der Waals surface area contributed by atoms with Gasteiger partial charge in [0.2, 0.25) is 0 Å². The summed E-state index contributed by atoms with van der Waals surface area (Å²) in [6, 6.07) is 4.24. The number of aromatic hydroxyl groups is 2. The van der Waals surface area contributed by atoms with Gasteiger partial charge in [-0.15, -0.1) is 0 Å². The van der Waals surface area contributed by atoms with Crippen LogP contribution in [0.1, 0.15) is 36.5 Å². The molecule has 0 aromatic heterocycles. The first-order valence-corrected chi connectivity index (χ1v) is 6.87. The molecule has 1 aliphatic rings. The van der Waals surface area contributed by atoms with Gasteiger partial charge in [-0.2, -0.15) is 0 Å². The Morgan fingerprint density at radius 1 is 1.32 bits per heavy atom. The molecule has 0 aliphatic heterocycles. The lowest BCUT2D eigenvalue weighted by atomic mass is 10.1. The number of carbonyl (C=O) groups excluding carboxylic acids is 1. The molecule has 0 saturated heterocycles. The molecule has 0 unspecified atom stereocenters. The van der Waals surface area contributed by atoms with Crippen molar-refractivity contribution < 1.29 is 15.0 Å². The van der Waals surface area contributed by atoms with Gasteiger partial charge in [0, 0.05) is 12.1 Å². The van der Waals surface area contributed by atoms with E-state index in [1.807, 2.05) is 0 Å². The number of phenolic OH excluding ortho intramolecular Hbond substituents is 2. The fraction of sp³-hybridized carbons (Fsp3) is 0.533. The van der Waals surface area contributed by atoms with E-state index in [4.69, 9.17) is 0 Å². The lowest BCUT2D eigenvalue weighted by molar-refractivity contribution is 0.0927. The quantitative estimate of drug-likeness (QED) is 0.586. The van der Waals surface area contributed by atoms with Crippen LogP contribution in [0.5, 0.6) is 11.5 Å². The van der Waals surface area contributed by atoms with E-state index in [0.29, 0.717) is 12.1 Å². The zero-order valence-corrected chi connectivity index (χ0v) is 11.3. The van der Waals surface area contributed by atoms with E-state index in [0.717, 1.165) is 25.4 Å². The van der Waals surface area contributed by atoms with Crippen molar-refractivity contribution in [2.75, 3.05) is 19.6 Å². The predicted molar refractivity (Wildman–Crippen MR) is 73.6 cm³/mol. The number of carbonyl (C=O) groups is 1. The van der Waals surface area contributed by atoms with Crippen LogP contribution in [-0.2, 0) is 0 Å². The van der Waals surface area contributed by atoms with Crippen LogP contribution in [-0.4, -0.2) is 40.5 Å². The summed E-state index contributed by atoms with van der Waals surface area (Å²) < 4.78 is 0. The van der Waals surface area contributed by atoms with Gasteiger partial charge in [-0.1, -0.05) is 6.92 Å². The molecule has 4 heteroatoms. The van der Waals surface area contributed by atoms with Gasteiger partial charge >= 0.3 is 0 Å². The Morgan fingerprint density at radius 2 is 2.05 bits per heavy atom. The van der Waals surface area contributed by atoms with E-state index in [1.54, 1.807) is 6.07 Å². The molecule has 1 saturated carbocycles. The molecule has 1 aromatic rings. The average molecular weight is 263 g/mol. The molecule has 4 nitrogen and oxygen atoms in total. The van der Waals surface area contributed by atoms with E-state index in [9.17, 15) is 15.0 Å². The van der Waals surface area contributed by atoms with E-state index in [2.05, 4.69) is 11.8 Å². The Balaban J connectivity index is 1.98. The molecule has 0 bridgehead atoms. The van der Waals surface area contributed by atoms with Gasteiger partial charge in [0.05, 0.1) is 6.54 Å². The summed E-state index contributed by atoms with van der Waals surface area (Å²) in [6.07, 6.45) is 3.57. The molecular weight excluding hydrogens is 242 g/mol. The summed E-state index contributed by atoms with van der Waals surface area (Å²) in [4.78, 5) is 14.3. The van der Waals surface area contributed by atoms with Crippen molar-refractivity contribution in [3.05, 3.63) is 23.8 Å². The molecule has 2 N–H and O–H groups in total. The number of phenols is 2. The molecule has 0 heterocycles. The van der Waals surface area contributed by atoms with Crippen molar-refractivity contribution in [3.8, 4) is 11.5 Å². The van der Waals surface area contributed by atoms with Gasteiger partial charge in [-0.25, -0.2) is 0 Å². The molecule has 0 amide bonds. The smallest absolute Gasteiger partial charge is 0.176 e. The lowest BCUT2D eigenvalue weighted by Gasteiger charge is -2.20. The van der Waals surface area contributed by atoms with Gasteiger partial charge in [0.1, 0.15) is 0 Å². The number of nitrogens with zero attached hydrogens (tertiary/aromatic N) is 1. The molecule has 0 radical (unpaired) electrons.